The van der Waals surface area contributed by atoms with Gasteiger partial charge in [-0.25, -0.2) is 4.98 Å². The molecular formula is C25H27N5O4S. The first-order valence-electron chi connectivity index (χ1n) is 12.0. The van der Waals surface area contributed by atoms with Crippen molar-refractivity contribution in [2.75, 3.05) is 57.4 Å². The molecule has 1 unspecified atom stereocenters. The third-order valence-corrected chi connectivity index (χ3v) is 7.94. The highest BCUT2D eigenvalue weighted by Gasteiger charge is 2.24. The number of nitrogens with one attached hydrogen (secondary N) is 1. The number of aliphatic hydroxyl groups is 1. The fourth-order valence-corrected chi connectivity index (χ4v) is 6.16. The lowest BCUT2D eigenvalue weighted by atomic mass is 10.1. The summed E-state index contributed by atoms with van der Waals surface area (Å²) in [6.45, 7) is 5.26. The van der Waals surface area contributed by atoms with E-state index in [0.717, 1.165) is 42.1 Å². The lowest BCUT2D eigenvalue weighted by Gasteiger charge is -2.28. The van der Waals surface area contributed by atoms with Crippen LogP contribution < -0.4 is 15.6 Å². The molecule has 2 fully saturated rings. The monoisotopic (exact) mass is 493 g/mol. The number of anilines is 1. The molecule has 0 radical (unpaired) electrons. The Bertz CT molecular complexity index is 1480. The lowest BCUT2D eigenvalue weighted by Crippen LogP contribution is -2.37. The zero-order valence-corrected chi connectivity index (χ0v) is 20.1. The van der Waals surface area contributed by atoms with Crippen molar-refractivity contribution < 1.29 is 14.6 Å². The number of para-hydroxylation sites is 1. The van der Waals surface area contributed by atoms with Gasteiger partial charge in [0.2, 0.25) is 5.43 Å². The highest BCUT2D eigenvalue weighted by atomic mass is 32.1. The van der Waals surface area contributed by atoms with Gasteiger partial charge in [-0.15, -0.1) is 11.3 Å². The van der Waals surface area contributed by atoms with E-state index < -0.39 is 0 Å². The van der Waals surface area contributed by atoms with Crippen LogP contribution in [0, 0.1) is 0 Å². The average molecular weight is 494 g/mol. The van der Waals surface area contributed by atoms with E-state index in [2.05, 4.69) is 15.1 Å². The number of carbonyl (C=O) groups excluding carboxylic acids is 1. The highest BCUT2D eigenvalue weighted by molar-refractivity contribution is 7.24. The Labute approximate surface area is 205 Å². The molecule has 10 heteroatoms. The zero-order chi connectivity index (χ0) is 23.9. The Balaban J connectivity index is 1.44. The molecule has 6 rings (SSSR count). The van der Waals surface area contributed by atoms with Gasteiger partial charge in [-0.2, -0.15) is 0 Å². The Morgan fingerprint density at radius 2 is 2.00 bits per heavy atom. The van der Waals surface area contributed by atoms with E-state index in [-0.39, 0.29) is 23.0 Å². The molecule has 0 aliphatic carbocycles. The van der Waals surface area contributed by atoms with Crippen molar-refractivity contribution >= 4 is 49.1 Å². The van der Waals surface area contributed by atoms with Crippen LogP contribution in [0.3, 0.4) is 0 Å². The molecule has 0 saturated carbocycles. The summed E-state index contributed by atoms with van der Waals surface area (Å²) in [5.74, 6) is 0.423. The smallest absolute Gasteiger partial charge is 0.258 e. The minimum absolute atomic E-state index is 0.154. The van der Waals surface area contributed by atoms with Crippen molar-refractivity contribution in [2.45, 2.75) is 12.5 Å². The molecule has 35 heavy (non-hydrogen) atoms. The summed E-state index contributed by atoms with van der Waals surface area (Å²) in [7, 11) is 0. The molecule has 0 bridgehead atoms. The number of morpholine rings is 1. The minimum Gasteiger partial charge on any atom is -0.392 e. The first-order chi connectivity index (χ1) is 17.1. The number of nitrogens with zero attached hydrogens (tertiary/aromatic N) is 4. The van der Waals surface area contributed by atoms with Crippen LogP contribution in [-0.2, 0) is 4.74 Å². The maximum Gasteiger partial charge on any atom is 0.258 e. The van der Waals surface area contributed by atoms with Gasteiger partial charge >= 0.3 is 0 Å². The number of likely N-dealkylation sites (tertiary alicyclic amines) is 1. The highest BCUT2D eigenvalue weighted by Crippen LogP contribution is 2.31. The quantitative estimate of drug-likeness (QED) is 0.437. The van der Waals surface area contributed by atoms with Gasteiger partial charge < -0.3 is 20.1 Å². The third kappa shape index (κ3) is 4.06. The molecule has 182 valence electrons. The van der Waals surface area contributed by atoms with Gasteiger partial charge in [-0.05, 0) is 30.7 Å². The van der Waals surface area contributed by atoms with E-state index in [0.29, 0.717) is 48.7 Å². The van der Waals surface area contributed by atoms with E-state index in [9.17, 15) is 14.7 Å². The number of benzene rings is 1. The number of pyridine rings is 2. The van der Waals surface area contributed by atoms with Crippen molar-refractivity contribution in [3.63, 3.8) is 0 Å². The Kier molecular flexibility index (Phi) is 5.89. The molecular weight excluding hydrogens is 466 g/mol. The number of fused-ring (bicyclic) bond motifs is 5. The predicted octanol–water partition coefficient (Wildman–Crippen LogP) is 1.70. The number of hydrogen-bond acceptors (Lipinski definition) is 8. The fourth-order valence-electron chi connectivity index (χ4n) is 4.98. The first-order valence-corrected chi connectivity index (χ1v) is 12.8. The van der Waals surface area contributed by atoms with Crippen molar-refractivity contribution in [3.8, 4) is 0 Å². The normalized spacial score (nSPS) is 19.2. The SMILES string of the molecule is O=C(NCCN1CCC(O)C1)c1c(=O)c2ccc(N3CCOCC3)nc2n2c1sc1ccccc12. The maximum atomic E-state index is 13.6. The second-order valence-electron chi connectivity index (χ2n) is 9.05. The van der Waals surface area contributed by atoms with E-state index in [4.69, 9.17) is 9.72 Å². The summed E-state index contributed by atoms with van der Waals surface area (Å²) >= 11 is 1.43. The maximum absolute atomic E-state index is 13.6. The van der Waals surface area contributed by atoms with Gasteiger partial charge in [0, 0.05) is 39.3 Å². The zero-order valence-electron chi connectivity index (χ0n) is 19.3. The van der Waals surface area contributed by atoms with Crippen molar-refractivity contribution in [1.29, 1.82) is 0 Å². The van der Waals surface area contributed by atoms with Crippen LogP contribution in [0.25, 0.3) is 26.1 Å². The summed E-state index contributed by atoms with van der Waals surface area (Å²) in [5.41, 5.74) is 1.33. The number of aromatic nitrogens is 2. The molecule has 3 aromatic heterocycles. The Hall–Kier alpha value is -3.05. The summed E-state index contributed by atoms with van der Waals surface area (Å²) in [6.07, 6.45) is 0.450. The summed E-state index contributed by atoms with van der Waals surface area (Å²) in [4.78, 5) is 36.7. The van der Waals surface area contributed by atoms with Crippen LogP contribution in [0.15, 0.2) is 41.2 Å². The number of β-amino-alcohol motifs (C(OH)–C–C–N with tert-alkyl or cyclic N) is 1. The van der Waals surface area contributed by atoms with Crippen LogP contribution >= 0.6 is 11.3 Å². The number of rotatable bonds is 5. The largest absolute Gasteiger partial charge is 0.392 e. The van der Waals surface area contributed by atoms with Crippen LogP contribution in [-0.4, -0.2) is 83.9 Å². The third-order valence-electron chi connectivity index (χ3n) is 6.80. The van der Waals surface area contributed by atoms with Gasteiger partial charge in [0.25, 0.3) is 5.91 Å². The van der Waals surface area contributed by atoms with Crippen LogP contribution in [0.4, 0.5) is 5.82 Å². The molecule has 9 nitrogen and oxygen atoms in total. The van der Waals surface area contributed by atoms with Gasteiger partial charge in [0.15, 0.2) is 5.65 Å². The molecule has 2 saturated heterocycles. The molecule has 5 heterocycles. The number of hydrogen-bond donors (Lipinski definition) is 2. The molecule has 4 aromatic rings. The summed E-state index contributed by atoms with van der Waals surface area (Å²) in [5, 5.41) is 13.1. The fraction of sp³-hybridized carbons (Fsp3) is 0.400. The summed E-state index contributed by atoms with van der Waals surface area (Å²) < 4.78 is 8.41. The Morgan fingerprint density at radius 3 is 2.80 bits per heavy atom. The first kappa shape index (κ1) is 22.4. The van der Waals surface area contributed by atoms with Crippen molar-refractivity contribution in [1.82, 2.24) is 19.6 Å². The standard InChI is InChI=1S/C25H27N5O4S/c31-16-7-9-28(15-16)10-8-26-24(33)21-22(32)17-5-6-20(29-11-13-34-14-12-29)27-23(17)30-18-3-1-2-4-19(18)35-25(21)30/h1-6,16,31H,7-15H2,(H,26,33). The van der Waals surface area contributed by atoms with Crippen molar-refractivity contribution in [3.05, 3.63) is 52.2 Å². The topological polar surface area (TPSA) is 99.4 Å². The van der Waals surface area contributed by atoms with E-state index in [1.165, 1.54) is 11.3 Å². The number of carbonyl (C=O) groups is 1. The molecule has 2 aliphatic heterocycles. The number of thiazole rings is 1. The van der Waals surface area contributed by atoms with Crippen LogP contribution in [0.1, 0.15) is 16.8 Å². The molecule has 0 spiro atoms. The number of aliphatic hydroxyl groups excluding tert-OH is 1. The van der Waals surface area contributed by atoms with E-state index >= 15 is 0 Å². The average Bonchev–Trinajstić information content (AvgIpc) is 3.47. The van der Waals surface area contributed by atoms with Crippen LogP contribution in [0.2, 0.25) is 0 Å². The van der Waals surface area contributed by atoms with Gasteiger partial charge in [-0.3, -0.25) is 18.9 Å². The Morgan fingerprint density at radius 1 is 1.17 bits per heavy atom. The molecule has 1 amide bonds. The van der Waals surface area contributed by atoms with Crippen molar-refractivity contribution in [2.24, 2.45) is 0 Å². The summed E-state index contributed by atoms with van der Waals surface area (Å²) in [6, 6.07) is 11.5. The van der Waals surface area contributed by atoms with Crippen LogP contribution in [0.5, 0.6) is 0 Å². The molecule has 2 N–H and O–H groups in total. The lowest BCUT2D eigenvalue weighted by molar-refractivity contribution is 0.0949. The number of amides is 1. The van der Waals surface area contributed by atoms with Gasteiger partial charge in [0.1, 0.15) is 16.2 Å². The second kappa shape index (κ2) is 9.19. The van der Waals surface area contributed by atoms with Gasteiger partial charge in [-0.1, -0.05) is 12.1 Å². The molecule has 1 aromatic carbocycles. The predicted molar refractivity (Wildman–Crippen MR) is 137 cm³/mol. The minimum atomic E-state index is -0.377. The van der Waals surface area contributed by atoms with Gasteiger partial charge in [0.05, 0.1) is 34.9 Å². The molecule has 1 atom stereocenters. The molecule has 2 aliphatic rings. The second-order valence-corrected chi connectivity index (χ2v) is 10.1. The van der Waals surface area contributed by atoms with E-state index in [1.807, 2.05) is 34.7 Å². The van der Waals surface area contributed by atoms with E-state index in [1.54, 1.807) is 6.07 Å². The number of ether oxygens (including phenoxy) is 1.